The van der Waals surface area contributed by atoms with Crippen LogP contribution in [0.3, 0.4) is 0 Å². The number of anilines is 1. The summed E-state index contributed by atoms with van der Waals surface area (Å²) in [4.78, 5) is 0. The van der Waals surface area contributed by atoms with Gasteiger partial charge in [-0.2, -0.15) is 5.26 Å². The molecule has 0 saturated heterocycles. The monoisotopic (exact) mass is 344 g/mol. The Morgan fingerprint density at radius 2 is 2.00 bits per heavy atom. The average molecular weight is 345 g/mol. The van der Waals surface area contributed by atoms with Gasteiger partial charge in [0.15, 0.2) is 11.5 Å². The first-order valence-electron chi connectivity index (χ1n) is 6.59. The number of para-hydroxylation sites is 1. The minimum atomic E-state index is 0.563. The highest BCUT2D eigenvalue weighted by atomic mass is 79.9. The van der Waals surface area contributed by atoms with Gasteiger partial charge in [-0.25, -0.2) is 0 Å². The van der Waals surface area contributed by atoms with Crippen molar-refractivity contribution in [2.75, 3.05) is 18.5 Å². The van der Waals surface area contributed by atoms with Crippen molar-refractivity contribution in [1.82, 2.24) is 0 Å². The van der Waals surface area contributed by atoms with Crippen LogP contribution >= 0.6 is 15.9 Å². The summed E-state index contributed by atoms with van der Waals surface area (Å²) in [7, 11) is 0. The lowest BCUT2D eigenvalue weighted by Gasteiger charge is -2.20. The van der Waals surface area contributed by atoms with E-state index in [-0.39, 0.29) is 0 Å². The minimum absolute atomic E-state index is 0.563. The lowest BCUT2D eigenvalue weighted by atomic mass is 10.1. The first-order chi connectivity index (χ1) is 10.3. The van der Waals surface area contributed by atoms with Gasteiger partial charge in [0.25, 0.3) is 0 Å². The standard InChI is InChI=1S/C16H13BrN2O2/c17-13-7-11(8-15-16(13)21-6-5-20-15)10-19-14-4-2-1-3-12(14)9-18/h1-4,7-8,19H,5-6,10H2. The zero-order valence-electron chi connectivity index (χ0n) is 11.2. The van der Waals surface area contributed by atoms with Crippen molar-refractivity contribution in [3.05, 3.63) is 52.0 Å². The van der Waals surface area contributed by atoms with E-state index in [9.17, 15) is 0 Å². The number of ether oxygens (including phenoxy) is 2. The van der Waals surface area contributed by atoms with E-state index in [4.69, 9.17) is 14.7 Å². The molecule has 1 aliphatic heterocycles. The van der Waals surface area contributed by atoms with Gasteiger partial charge < -0.3 is 14.8 Å². The normalized spacial score (nSPS) is 12.6. The second-order valence-corrected chi connectivity index (χ2v) is 5.47. The van der Waals surface area contributed by atoms with E-state index in [1.165, 1.54) is 0 Å². The van der Waals surface area contributed by atoms with Gasteiger partial charge in [-0.1, -0.05) is 12.1 Å². The van der Waals surface area contributed by atoms with Gasteiger partial charge in [0.05, 0.1) is 15.7 Å². The molecule has 0 spiro atoms. The summed E-state index contributed by atoms with van der Waals surface area (Å²) in [5, 5.41) is 12.4. The van der Waals surface area contributed by atoms with Gasteiger partial charge in [-0.15, -0.1) is 0 Å². The van der Waals surface area contributed by atoms with E-state index < -0.39 is 0 Å². The van der Waals surface area contributed by atoms with Gasteiger partial charge in [0.1, 0.15) is 19.3 Å². The Morgan fingerprint density at radius 3 is 2.86 bits per heavy atom. The van der Waals surface area contributed by atoms with Crippen LogP contribution in [-0.4, -0.2) is 13.2 Å². The summed E-state index contributed by atoms with van der Waals surface area (Å²) < 4.78 is 12.1. The lowest BCUT2D eigenvalue weighted by Crippen LogP contribution is -2.16. The summed E-state index contributed by atoms with van der Waals surface area (Å²) in [6.07, 6.45) is 0. The Morgan fingerprint density at radius 1 is 1.19 bits per heavy atom. The van der Waals surface area contributed by atoms with Crippen LogP contribution in [0.1, 0.15) is 11.1 Å². The SMILES string of the molecule is N#Cc1ccccc1NCc1cc(Br)c2c(c1)OCCO2. The summed E-state index contributed by atoms with van der Waals surface area (Å²) in [6, 6.07) is 13.6. The highest BCUT2D eigenvalue weighted by Gasteiger charge is 2.16. The third-order valence-corrected chi connectivity index (χ3v) is 3.78. The number of hydrogen-bond donors (Lipinski definition) is 1. The molecule has 1 heterocycles. The maximum Gasteiger partial charge on any atom is 0.175 e. The van der Waals surface area contributed by atoms with E-state index in [2.05, 4.69) is 27.3 Å². The molecule has 106 valence electrons. The topological polar surface area (TPSA) is 54.3 Å². The molecule has 0 aromatic heterocycles. The first kappa shape index (κ1) is 13.8. The number of nitrogens with one attached hydrogen (secondary N) is 1. The Balaban J connectivity index is 1.80. The molecule has 0 unspecified atom stereocenters. The second-order valence-electron chi connectivity index (χ2n) is 4.61. The summed E-state index contributed by atoms with van der Waals surface area (Å²) in [6.45, 7) is 1.74. The number of halogens is 1. The number of fused-ring (bicyclic) bond motifs is 1. The van der Waals surface area contributed by atoms with Crippen molar-refractivity contribution in [3.8, 4) is 17.6 Å². The molecule has 0 aliphatic carbocycles. The van der Waals surface area contributed by atoms with Crippen molar-refractivity contribution in [2.45, 2.75) is 6.54 Å². The molecule has 0 bridgehead atoms. The number of benzene rings is 2. The first-order valence-corrected chi connectivity index (χ1v) is 7.38. The van der Waals surface area contributed by atoms with Crippen LogP contribution in [-0.2, 0) is 6.54 Å². The predicted molar refractivity (Wildman–Crippen MR) is 83.6 cm³/mol. The van der Waals surface area contributed by atoms with Crippen LogP contribution in [0.5, 0.6) is 11.5 Å². The number of nitrogens with zero attached hydrogens (tertiary/aromatic N) is 1. The number of hydrogen-bond acceptors (Lipinski definition) is 4. The predicted octanol–water partition coefficient (Wildman–Crippen LogP) is 3.70. The highest BCUT2D eigenvalue weighted by Crippen LogP contribution is 2.38. The van der Waals surface area contributed by atoms with E-state index in [1.807, 2.05) is 30.3 Å². The van der Waals surface area contributed by atoms with Crippen LogP contribution in [0.2, 0.25) is 0 Å². The third-order valence-electron chi connectivity index (χ3n) is 3.19. The Bertz CT molecular complexity index is 710. The molecule has 1 aliphatic rings. The molecule has 21 heavy (non-hydrogen) atoms. The Hall–Kier alpha value is -2.19. The van der Waals surface area contributed by atoms with Gasteiger partial charge in [-0.05, 0) is 45.8 Å². The van der Waals surface area contributed by atoms with Gasteiger partial charge in [0.2, 0.25) is 0 Å². The largest absolute Gasteiger partial charge is 0.486 e. The molecule has 0 atom stereocenters. The van der Waals surface area contributed by atoms with Gasteiger partial charge in [-0.3, -0.25) is 0 Å². The molecule has 0 saturated carbocycles. The van der Waals surface area contributed by atoms with E-state index in [1.54, 1.807) is 6.07 Å². The number of nitriles is 1. The molecule has 0 amide bonds. The maximum atomic E-state index is 9.08. The van der Waals surface area contributed by atoms with Crippen LogP contribution in [0.25, 0.3) is 0 Å². The van der Waals surface area contributed by atoms with Crippen LogP contribution < -0.4 is 14.8 Å². The molecule has 1 N–H and O–H groups in total. The third kappa shape index (κ3) is 2.96. The molecule has 3 rings (SSSR count). The molecule has 0 fully saturated rings. The van der Waals surface area contributed by atoms with E-state index in [0.29, 0.717) is 25.3 Å². The van der Waals surface area contributed by atoms with Crippen LogP contribution in [0, 0.1) is 11.3 Å². The Labute approximate surface area is 131 Å². The molecule has 2 aromatic rings. The zero-order chi connectivity index (χ0) is 14.7. The lowest BCUT2D eigenvalue weighted by molar-refractivity contribution is 0.170. The molecular weight excluding hydrogens is 332 g/mol. The average Bonchev–Trinajstić information content (AvgIpc) is 2.53. The van der Waals surface area contributed by atoms with Crippen molar-refractivity contribution in [2.24, 2.45) is 0 Å². The fourth-order valence-electron chi connectivity index (χ4n) is 2.20. The van der Waals surface area contributed by atoms with Gasteiger partial charge in [0, 0.05) is 6.54 Å². The second kappa shape index (κ2) is 6.06. The smallest absolute Gasteiger partial charge is 0.175 e. The zero-order valence-corrected chi connectivity index (χ0v) is 12.8. The quantitative estimate of drug-likeness (QED) is 0.922. The van der Waals surface area contributed by atoms with Crippen LogP contribution in [0.15, 0.2) is 40.9 Å². The molecule has 0 radical (unpaired) electrons. The van der Waals surface area contributed by atoms with Crippen LogP contribution in [0.4, 0.5) is 5.69 Å². The van der Waals surface area contributed by atoms with E-state index in [0.717, 1.165) is 27.2 Å². The fourth-order valence-corrected chi connectivity index (χ4v) is 2.80. The minimum Gasteiger partial charge on any atom is -0.486 e. The summed E-state index contributed by atoms with van der Waals surface area (Å²) in [5.74, 6) is 1.50. The highest BCUT2D eigenvalue weighted by molar-refractivity contribution is 9.10. The molecule has 5 heteroatoms. The maximum absolute atomic E-state index is 9.08. The number of rotatable bonds is 3. The molecule has 2 aromatic carbocycles. The Kier molecular flexibility index (Phi) is 3.98. The van der Waals surface area contributed by atoms with Crippen molar-refractivity contribution < 1.29 is 9.47 Å². The summed E-state index contributed by atoms with van der Waals surface area (Å²) in [5.41, 5.74) is 2.51. The molecule has 4 nitrogen and oxygen atoms in total. The van der Waals surface area contributed by atoms with E-state index >= 15 is 0 Å². The van der Waals surface area contributed by atoms with Gasteiger partial charge >= 0.3 is 0 Å². The summed E-state index contributed by atoms with van der Waals surface area (Å²) >= 11 is 3.50. The van der Waals surface area contributed by atoms with Crippen molar-refractivity contribution in [1.29, 1.82) is 5.26 Å². The van der Waals surface area contributed by atoms with Crippen molar-refractivity contribution >= 4 is 21.6 Å². The fraction of sp³-hybridized carbons (Fsp3) is 0.188. The molecular formula is C16H13BrN2O2. The van der Waals surface area contributed by atoms with Crippen molar-refractivity contribution in [3.63, 3.8) is 0 Å².